The molecule has 0 atom stereocenters. The minimum atomic E-state index is -0.369. The third-order valence-electron chi connectivity index (χ3n) is 3.63. The molecule has 0 saturated heterocycles. The van der Waals surface area contributed by atoms with E-state index in [0.717, 1.165) is 0 Å². The second kappa shape index (κ2) is 8.24. The highest BCUT2D eigenvalue weighted by atomic mass is 16.5. The van der Waals surface area contributed by atoms with Crippen molar-refractivity contribution in [2.75, 3.05) is 40.2 Å². The van der Waals surface area contributed by atoms with Crippen molar-refractivity contribution in [3.8, 4) is 17.4 Å². The zero-order valence-corrected chi connectivity index (χ0v) is 15.4. The van der Waals surface area contributed by atoms with Gasteiger partial charge in [0, 0.05) is 26.4 Å². The lowest BCUT2D eigenvalue weighted by atomic mass is 10.2. The number of ether oxygens (including phenoxy) is 3. The van der Waals surface area contributed by atoms with Gasteiger partial charge in [0.2, 0.25) is 11.8 Å². The fraction of sp³-hybridized carbons (Fsp3) is 0.353. The monoisotopic (exact) mass is 362 g/mol. The van der Waals surface area contributed by atoms with E-state index in [1.165, 1.54) is 30.8 Å². The summed E-state index contributed by atoms with van der Waals surface area (Å²) >= 11 is 0. The van der Waals surface area contributed by atoms with Crippen molar-refractivity contribution < 1.29 is 23.8 Å². The molecule has 1 aromatic carbocycles. The minimum Gasteiger partial charge on any atom is -0.497 e. The number of carbonyl (C=O) groups excluding carboxylic acids is 2. The highest BCUT2D eigenvalue weighted by Crippen LogP contribution is 2.29. The van der Waals surface area contributed by atoms with Crippen LogP contribution in [0, 0.1) is 0 Å². The molecule has 0 aliphatic carbocycles. The van der Waals surface area contributed by atoms with E-state index in [-0.39, 0.29) is 29.8 Å². The number of likely N-dealkylation sites (N-methyl/N-ethyl adjacent to an activating group) is 1. The van der Waals surface area contributed by atoms with Crippen LogP contribution in [0.3, 0.4) is 0 Å². The molecule has 0 spiro atoms. The van der Waals surface area contributed by atoms with E-state index in [4.69, 9.17) is 14.2 Å². The van der Waals surface area contributed by atoms with E-state index in [0.29, 0.717) is 17.2 Å². The Morgan fingerprint density at radius 2 is 1.92 bits per heavy atom. The minimum absolute atomic E-state index is 0.147. The lowest BCUT2D eigenvalue weighted by Crippen LogP contribution is -2.35. The first-order valence-corrected chi connectivity index (χ1v) is 7.74. The van der Waals surface area contributed by atoms with Gasteiger partial charge in [0.1, 0.15) is 17.1 Å². The Morgan fingerprint density at radius 1 is 1.19 bits per heavy atom. The van der Waals surface area contributed by atoms with Crippen molar-refractivity contribution in [3.05, 3.63) is 30.0 Å². The Balaban J connectivity index is 2.06. The number of aromatic nitrogens is 2. The number of nitrogens with zero attached hydrogens (tertiary/aromatic N) is 3. The fourth-order valence-corrected chi connectivity index (χ4v) is 2.35. The predicted octanol–water partition coefficient (Wildman–Crippen LogP) is 1.16. The molecule has 9 nitrogen and oxygen atoms in total. The van der Waals surface area contributed by atoms with Crippen LogP contribution < -0.4 is 19.5 Å². The van der Waals surface area contributed by atoms with Crippen LogP contribution in [0.5, 0.6) is 17.4 Å². The van der Waals surface area contributed by atoms with Crippen LogP contribution in [0.15, 0.2) is 24.4 Å². The van der Waals surface area contributed by atoms with Crippen molar-refractivity contribution in [1.29, 1.82) is 0 Å². The summed E-state index contributed by atoms with van der Waals surface area (Å²) in [5, 5.41) is 6.75. The number of amides is 2. The molecule has 9 heteroatoms. The maximum atomic E-state index is 12.5. The Kier molecular flexibility index (Phi) is 6.05. The first kappa shape index (κ1) is 19.1. The van der Waals surface area contributed by atoms with E-state index in [9.17, 15) is 9.59 Å². The third kappa shape index (κ3) is 4.24. The van der Waals surface area contributed by atoms with Crippen molar-refractivity contribution in [2.45, 2.75) is 0 Å². The number of aryl methyl sites for hydroxylation is 1. The van der Waals surface area contributed by atoms with Gasteiger partial charge in [0.25, 0.3) is 5.91 Å². The fourth-order valence-electron chi connectivity index (χ4n) is 2.35. The average molecular weight is 362 g/mol. The molecule has 2 rings (SSSR count). The normalized spacial score (nSPS) is 10.2. The van der Waals surface area contributed by atoms with Crippen LogP contribution in [0.4, 0.5) is 5.69 Å². The molecule has 140 valence electrons. The van der Waals surface area contributed by atoms with Crippen LogP contribution in [-0.2, 0) is 11.8 Å². The van der Waals surface area contributed by atoms with Gasteiger partial charge in [0.15, 0.2) is 0 Å². The van der Waals surface area contributed by atoms with Gasteiger partial charge in [0.05, 0.1) is 33.6 Å². The van der Waals surface area contributed by atoms with Crippen LogP contribution in [0.1, 0.15) is 10.4 Å². The summed E-state index contributed by atoms with van der Waals surface area (Å²) in [5.74, 6) is 0.539. The Labute approximate surface area is 151 Å². The summed E-state index contributed by atoms with van der Waals surface area (Å²) < 4.78 is 16.9. The summed E-state index contributed by atoms with van der Waals surface area (Å²) in [6, 6.07) is 5.03. The topological polar surface area (TPSA) is 94.9 Å². The second-order valence-electron chi connectivity index (χ2n) is 5.50. The third-order valence-corrected chi connectivity index (χ3v) is 3.63. The highest BCUT2D eigenvalue weighted by molar-refractivity contribution is 6.00. The summed E-state index contributed by atoms with van der Waals surface area (Å²) in [7, 11) is 7.68. The average Bonchev–Trinajstić information content (AvgIpc) is 3.01. The van der Waals surface area contributed by atoms with Gasteiger partial charge < -0.3 is 24.4 Å². The molecule has 0 aliphatic heterocycles. The largest absolute Gasteiger partial charge is 0.497 e. The molecule has 0 radical (unpaired) electrons. The molecular formula is C17H22N4O5. The molecule has 0 aliphatic rings. The zero-order valence-electron chi connectivity index (χ0n) is 15.4. The molecule has 0 bridgehead atoms. The summed E-state index contributed by atoms with van der Waals surface area (Å²) in [6.07, 6.45) is 1.54. The van der Waals surface area contributed by atoms with Crippen molar-refractivity contribution >= 4 is 17.5 Å². The lowest BCUT2D eigenvalue weighted by Gasteiger charge is -2.17. The number of anilines is 1. The van der Waals surface area contributed by atoms with E-state index >= 15 is 0 Å². The number of carbonyl (C=O) groups is 2. The highest BCUT2D eigenvalue weighted by Gasteiger charge is 2.22. The summed E-state index contributed by atoms with van der Waals surface area (Å²) in [6.45, 7) is -0.147. The Hall–Kier alpha value is -3.23. The van der Waals surface area contributed by atoms with Crippen molar-refractivity contribution in [2.24, 2.45) is 7.05 Å². The first-order chi connectivity index (χ1) is 12.4. The number of hydrogen-bond donors (Lipinski definition) is 1. The van der Waals surface area contributed by atoms with Crippen LogP contribution >= 0.6 is 0 Å². The molecule has 2 aromatic rings. The molecule has 0 saturated carbocycles. The van der Waals surface area contributed by atoms with Gasteiger partial charge in [-0.25, -0.2) is 0 Å². The quantitative estimate of drug-likeness (QED) is 0.794. The maximum Gasteiger partial charge on any atom is 0.261 e. The number of methoxy groups -OCH3 is 3. The molecule has 1 heterocycles. The van der Waals surface area contributed by atoms with E-state index in [1.807, 2.05) is 0 Å². The number of benzene rings is 1. The zero-order chi connectivity index (χ0) is 19.3. The van der Waals surface area contributed by atoms with Gasteiger partial charge in [-0.2, -0.15) is 0 Å². The van der Waals surface area contributed by atoms with Gasteiger partial charge in [-0.05, 0) is 12.1 Å². The van der Waals surface area contributed by atoms with Crippen molar-refractivity contribution in [1.82, 2.24) is 14.7 Å². The molecule has 1 N–H and O–H groups in total. The van der Waals surface area contributed by atoms with Gasteiger partial charge in [-0.15, -0.1) is 5.10 Å². The SMILES string of the molecule is COc1ccc(NC(=O)CN(C)C(=O)c2cn(C)nc2OC)c(OC)c1. The van der Waals surface area contributed by atoms with Gasteiger partial charge in [-0.1, -0.05) is 0 Å². The molecule has 0 fully saturated rings. The Morgan fingerprint density at radius 3 is 2.54 bits per heavy atom. The van der Waals surface area contributed by atoms with Crippen LogP contribution in [0.25, 0.3) is 0 Å². The smallest absolute Gasteiger partial charge is 0.261 e. The van der Waals surface area contributed by atoms with Gasteiger partial charge in [-0.3, -0.25) is 14.3 Å². The molecular weight excluding hydrogens is 340 g/mol. The van der Waals surface area contributed by atoms with E-state index < -0.39 is 0 Å². The first-order valence-electron chi connectivity index (χ1n) is 7.74. The van der Waals surface area contributed by atoms with Crippen LogP contribution in [0.2, 0.25) is 0 Å². The molecule has 2 amide bonds. The molecule has 1 aromatic heterocycles. The Bertz CT molecular complexity index is 802. The summed E-state index contributed by atoms with van der Waals surface area (Å²) in [5.41, 5.74) is 0.769. The predicted molar refractivity (Wildman–Crippen MR) is 94.9 cm³/mol. The number of nitrogens with one attached hydrogen (secondary N) is 1. The van der Waals surface area contributed by atoms with Gasteiger partial charge >= 0.3 is 0 Å². The van der Waals surface area contributed by atoms with E-state index in [1.54, 1.807) is 38.6 Å². The molecule has 0 unspecified atom stereocenters. The van der Waals surface area contributed by atoms with Crippen molar-refractivity contribution in [3.63, 3.8) is 0 Å². The number of hydrogen-bond acceptors (Lipinski definition) is 6. The number of rotatable bonds is 7. The molecule has 26 heavy (non-hydrogen) atoms. The second-order valence-corrected chi connectivity index (χ2v) is 5.50. The van der Waals surface area contributed by atoms with Crippen LogP contribution in [-0.4, -0.2) is 61.4 Å². The summed E-state index contributed by atoms with van der Waals surface area (Å²) in [4.78, 5) is 26.1. The standard InChI is InChI=1S/C17H22N4O5/c1-20(17(23)12-9-21(2)19-16(12)26-5)10-15(22)18-13-7-6-11(24-3)8-14(13)25-4/h6-9H,10H2,1-5H3,(H,18,22). The maximum absolute atomic E-state index is 12.5. The van der Waals surface area contributed by atoms with E-state index in [2.05, 4.69) is 10.4 Å². The lowest BCUT2D eigenvalue weighted by molar-refractivity contribution is -0.116.